The maximum absolute atomic E-state index is 11.5. The van der Waals surface area contributed by atoms with Crippen molar-refractivity contribution in [1.82, 2.24) is 10.6 Å². The third-order valence-corrected chi connectivity index (χ3v) is 3.35. The van der Waals surface area contributed by atoms with Crippen LogP contribution in [0.3, 0.4) is 0 Å². The lowest BCUT2D eigenvalue weighted by Crippen LogP contribution is -2.39. The number of amides is 1. The van der Waals surface area contributed by atoms with Gasteiger partial charge in [0.25, 0.3) is 0 Å². The molecule has 0 heterocycles. The summed E-state index contributed by atoms with van der Waals surface area (Å²) in [6.07, 6.45) is 7.20. The molecule has 0 radical (unpaired) electrons. The molecule has 1 unspecified atom stereocenters. The zero-order valence-corrected chi connectivity index (χ0v) is 11.2. The van der Waals surface area contributed by atoms with E-state index in [1.54, 1.807) is 0 Å². The first-order chi connectivity index (χ1) is 7.24. The number of rotatable bonds is 5. The van der Waals surface area contributed by atoms with Gasteiger partial charge in [-0.05, 0) is 32.7 Å². The van der Waals surface area contributed by atoms with Crippen LogP contribution in [0.1, 0.15) is 45.4 Å². The van der Waals surface area contributed by atoms with E-state index in [2.05, 4.69) is 17.6 Å². The Morgan fingerprint density at radius 2 is 1.94 bits per heavy atom. The van der Waals surface area contributed by atoms with Gasteiger partial charge in [-0.25, -0.2) is 0 Å². The van der Waals surface area contributed by atoms with Gasteiger partial charge in [-0.2, -0.15) is 0 Å². The normalized spacial score (nSPS) is 18.6. The predicted octanol–water partition coefficient (Wildman–Crippen LogP) is 2.10. The van der Waals surface area contributed by atoms with E-state index in [9.17, 15) is 4.79 Å². The Morgan fingerprint density at radius 3 is 2.50 bits per heavy atom. The Bertz CT molecular complexity index is 193. The summed E-state index contributed by atoms with van der Waals surface area (Å²) >= 11 is 0. The minimum atomic E-state index is 0. The van der Waals surface area contributed by atoms with Gasteiger partial charge in [0.05, 0.1) is 0 Å². The predicted molar refractivity (Wildman–Crippen MR) is 70.0 cm³/mol. The summed E-state index contributed by atoms with van der Waals surface area (Å²) in [6.45, 7) is 2.91. The van der Waals surface area contributed by atoms with E-state index in [-0.39, 0.29) is 18.3 Å². The van der Waals surface area contributed by atoms with Crippen LogP contribution in [-0.4, -0.2) is 25.5 Å². The zero-order chi connectivity index (χ0) is 11.1. The molecule has 1 atom stereocenters. The molecular formula is C12H25ClN2O. The van der Waals surface area contributed by atoms with Crippen molar-refractivity contribution in [1.29, 1.82) is 0 Å². The molecule has 3 nitrogen and oxygen atoms in total. The summed E-state index contributed by atoms with van der Waals surface area (Å²) in [6, 6.07) is 0.356. The molecule has 1 aliphatic rings. The van der Waals surface area contributed by atoms with Gasteiger partial charge < -0.3 is 10.6 Å². The van der Waals surface area contributed by atoms with Crippen LogP contribution in [0.15, 0.2) is 0 Å². The van der Waals surface area contributed by atoms with Crippen molar-refractivity contribution < 1.29 is 4.79 Å². The van der Waals surface area contributed by atoms with Gasteiger partial charge in [0.15, 0.2) is 0 Å². The Morgan fingerprint density at radius 1 is 1.31 bits per heavy atom. The first-order valence-electron chi connectivity index (χ1n) is 6.18. The summed E-state index contributed by atoms with van der Waals surface area (Å²) in [4.78, 5) is 11.5. The molecule has 1 fully saturated rings. The van der Waals surface area contributed by atoms with E-state index < -0.39 is 0 Å². The second kappa shape index (κ2) is 8.82. The number of hydrogen-bond donors (Lipinski definition) is 2. The number of hydrogen-bond acceptors (Lipinski definition) is 2. The van der Waals surface area contributed by atoms with Crippen LogP contribution in [0.4, 0.5) is 0 Å². The monoisotopic (exact) mass is 248 g/mol. The average Bonchev–Trinajstić information content (AvgIpc) is 2.27. The second-order valence-corrected chi connectivity index (χ2v) is 4.61. The number of nitrogens with one attached hydrogen (secondary N) is 2. The fourth-order valence-corrected chi connectivity index (χ4v) is 2.32. The summed E-state index contributed by atoms with van der Waals surface area (Å²) in [5.41, 5.74) is 0. The van der Waals surface area contributed by atoms with Crippen LogP contribution in [0.2, 0.25) is 0 Å². The minimum Gasteiger partial charge on any atom is -0.353 e. The number of halogens is 1. The molecule has 0 aromatic heterocycles. The lowest BCUT2D eigenvalue weighted by Gasteiger charge is -2.28. The summed E-state index contributed by atoms with van der Waals surface area (Å²) in [7, 11) is 1.87. The van der Waals surface area contributed by atoms with E-state index in [4.69, 9.17) is 0 Å². The highest BCUT2D eigenvalue weighted by molar-refractivity contribution is 5.85. The molecule has 0 aliphatic heterocycles. The molecule has 0 saturated heterocycles. The molecule has 96 valence electrons. The molecule has 0 aromatic rings. The van der Waals surface area contributed by atoms with Crippen molar-refractivity contribution in [3.8, 4) is 0 Å². The molecule has 1 amide bonds. The van der Waals surface area contributed by atoms with Gasteiger partial charge in [-0.15, -0.1) is 12.4 Å². The molecule has 4 heteroatoms. The van der Waals surface area contributed by atoms with Crippen LogP contribution >= 0.6 is 12.4 Å². The number of carbonyl (C=O) groups excluding carboxylic acids is 1. The Balaban J connectivity index is 0.00000225. The van der Waals surface area contributed by atoms with Crippen molar-refractivity contribution in [3.63, 3.8) is 0 Å². The minimum absolute atomic E-state index is 0. The Labute approximate surface area is 105 Å². The molecule has 0 aromatic carbocycles. The van der Waals surface area contributed by atoms with Crippen LogP contribution in [0.25, 0.3) is 0 Å². The second-order valence-electron chi connectivity index (χ2n) is 4.61. The summed E-state index contributed by atoms with van der Waals surface area (Å²) in [5.74, 6) is 0.889. The maximum atomic E-state index is 11.5. The lowest BCUT2D eigenvalue weighted by molar-refractivity contribution is -0.122. The largest absolute Gasteiger partial charge is 0.353 e. The first-order valence-corrected chi connectivity index (χ1v) is 6.18. The van der Waals surface area contributed by atoms with Gasteiger partial charge in [-0.1, -0.05) is 19.3 Å². The molecule has 1 rings (SSSR count). The number of carbonyl (C=O) groups is 1. The smallest absolute Gasteiger partial charge is 0.221 e. The SMILES string of the molecule is CNCCC(=O)NC(C)C1CCCCC1.Cl. The molecule has 2 N–H and O–H groups in total. The van der Waals surface area contributed by atoms with Crippen molar-refractivity contribution in [2.75, 3.05) is 13.6 Å². The fraction of sp³-hybridized carbons (Fsp3) is 0.917. The van der Waals surface area contributed by atoms with E-state index in [0.29, 0.717) is 18.4 Å². The summed E-state index contributed by atoms with van der Waals surface area (Å²) < 4.78 is 0. The van der Waals surface area contributed by atoms with Crippen molar-refractivity contribution in [2.45, 2.75) is 51.5 Å². The average molecular weight is 249 g/mol. The molecule has 1 aliphatic carbocycles. The molecular weight excluding hydrogens is 224 g/mol. The van der Waals surface area contributed by atoms with Crippen LogP contribution < -0.4 is 10.6 Å². The van der Waals surface area contributed by atoms with Gasteiger partial charge in [-0.3, -0.25) is 4.79 Å². The van der Waals surface area contributed by atoms with Gasteiger partial charge >= 0.3 is 0 Å². The Kier molecular flexibility index (Phi) is 8.67. The van der Waals surface area contributed by atoms with E-state index in [1.807, 2.05) is 7.05 Å². The van der Waals surface area contributed by atoms with Crippen LogP contribution in [0.5, 0.6) is 0 Å². The third kappa shape index (κ3) is 5.71. The van der Waals surface area contributed by atoms with Crippen LogP contribution in [-0.2, 0) is 4.79 Å². The molecule has 0 bridgehead atoms. The van der Waals surface area contributed by atoms with Gasteiger partial charge in [0.2, 0.25) is 5.91 Å². The lowest BCUT2D eigenvalue weighted by atomic mass is 9.84. The third-order valence-electron chi connectivity index (χ3n) is 3.35. The van der Waals surface area contributed by atoms with Crippen LogP contribution in [0, 0.1) is 5.92 Å². The first kappa shape index (κ1) is 15.7. The van der Waals surface area contributed by atoms with E-state index in [0.717, 1.165) is 6.54 Å². The van der Waals surface area contributed by atoms with Crippen molar-refractivity contribution >= 4 is 18.3 Å². The molecule has 16 heavy (non-hydrogen) atoms. The van der Waals surface area contributed by atoms with E-state index >= 15 is 0 Å². The standard InChI is InChI=1S/C12H24N2O.ClH/c1-10(11-6-4-3-5-7-11)14-12(15)8-9-13-2;/h10-11,13H,3-9H2,1-2H3,(H,14,15);1H. The maximum Gasteiger partial charge on any atom is 0.221 e. The highest BCUT2D eigenvalue weighted by Gasteiger charge is 2.20. The highest BCUT2D eigenvalue weighted by atomic mass is 35.5. The molecule has 0 spiro atoms. The molecule has 1 saturated carbocycles. The van der Waals surface area contributed by atoms with Crippen molar-refractivity contribution in [3.05, 3.63) is 0 Å². The Hall–Kier alpha value is -0.280. The fourth-order valence-electron chi connectivity index (χ4n) is 2.32. The topological polar surface area (TPSA) is 41.1 Å². The van der Waals surface area contributed by atoms with Crippen molar-refractivity contribution in [2.24, 2.45) is 5.92 Å². The summed E-state index contributed by atoms with van der Waals surface area (Å²) in [5, 5.41) is 6.10. The quantitative estimate of drug-likeness (QED) is 0.783. The van der Waals surface area contributed by atoms with Gasteiger partial charge in [0.1, 0.15) is 0 Å². The van der Waals surface area contributed by atoms with Gasteiger partial charge in [0, 0.05) is 19.0 Å². The van der Waals surface area contributed by atoms with E-state index in [1.165, 1.54) is 32.1 Å². The zero-order valence-electron chi connectivity index (χ0n) is 10.4. The highest BCUT2D eigenvalue weighted by Crippen LogP contribution is 2.26.